The summed E-state index contributed by atoms with van der Waals surface area (Å²) in [6, 6.07) is 12.8. The number of furan rings is 1. The lowest BCUT2D eigenvalue weighted by Crippen LogP contribution is -2.25. The number of carboxylic acids is 1. The number of aromatic carboxylic acids is 1. The van der Waals surface area contributed by atoms with E-state index in [9.17, 15) is 32.9 Å². The maximum atomic E-state index is 13.6. The maximum absolute atomic E-state index is 13.6. The van der Waals surface area contributed by atoms with Crippen LogP contribution in [0.5, 0.6) is 0 Å². The van der Waals surface area contributed by atoms with E-state index in [0.717, 1.165) is 30.3 Å². The molecule has 2 heterocycles. The second-order valence-corrected chi connectivity index (χ2v) is 6.95. The molecule has 1 aromatic heterocycles. The molecule has 9 nitrogen and oxygen atoms in total. The molecule has 0 unspecified atom stereocenters. The Kier molecular flexibility index (Phi) is 5.49. The number of carboxylic acid groups (broad SMARTS) is 1. The number of amides is 1. The first-order valence-electron chi connectivity index (χ1n) is 9.45. The summed E-state index contributed by atoms with van der Waals surface area (Å²) in [6.45, 7) is 0. The van der Waals surface area contributed by atoms with Crippen LogP contribution in [-0.4, -0.2) is 33.8 Å². The average molecular weight is 471 g/mol. The maximum Gasteiger partial charge on any atom is 0.435 e. The van der Waals surface area contributed by atoms with E-state index in [1.165, 1.54) is 36.4 Å². The number of hydrogen-bond acceptors (Lipinski definition) is 6. The zero-order valence-electron chi connectivity index (χ0n) is 16.8. The number of hydrogen-bond donors (Lipinski definition) is 1. The first kappa shape index (κ1) is 22.5. The molecule has 4 rings (SSSR count). The second kappa shape index (κ2) is 8.31. The first-order valence-corrected chi connectivity index (χ1v) is 9.45. The number of halogens is 3. The Labute approximate surface area is 188 Å². The van der Waals surface area contributed by atoms with E-state index in [4.69, 9.17) is 9.52 Å². The summed E-state index contributed by atoms with van der Waals surface area (Å²) in [5, 5.41) is 24.1. The summed E-state index contributed by atoms with van der Waals surface area (Å²) in [7, 11) is 0. The van der Waals surface area contributed by atoms with E-state index >= 15 is 0 Å². The molecule has 2 aromatic carbocycles. The van der Waals surface area contributed by atoms with Crippen LogP contribution in [0.3, 0.4) is 0 Å². The molecule has 0 atom stereocenters. The highest BCUT2D eigenvalue weighted by Gasteiger charge is 2.47. The Hall–Kier alpha value is -4.74. The van der Waals surface area contributed by atoms with Crippen molar-refractivity contribution < 1.29 is 37.2 Å². The number of nitrogens with zero attached hydrogens (tertiary/aromatic N) is 3. The minimum absolute atomic E-state index is 0.0243. The molecule has 0 saturated carbocycles. The van der Waals surface area contributed by atoms with Crippen LogP contribution in [0.4, 0.5) is 24.5 Å². The van der Waals surface area contributed by atoms with E-state index in [-0.39, 0.29) is 34.0 Å². The van der Waals surface area contributed by atoms with Crippen molar-refractivity contribution in [3.63, 3.8) is 0 Å². The Bertz CT molecular complexity index is 1370. The number of carbonyl (C=O) groups excluding carboxylic acids is 1. The molecule has 1 aliphatic heterocycles. The molecule has 0 fully saturated rings. The van der Waals surface area contributed by atoms with Gasteiger partial charge in [0.1, 0.15) is 11.5 Å². The number of benzene rings is 2. The van der Waals surface area contributed by atoms with Gasteiger partial charge in [-0.2, -0.15) is 23.3 Å². The average Bonchev–Trinajstić information content (AvgIpc) is 3.39. The molecule has 34 heavy (non-hydrogen) atoms. The number of nitro benzene ring substituents is 1. The van der Waals surface area contributed by atoms with Crippen LogP contribution in [0.1, 0.15) is 16.1 Å². The normalized spacial score (nSPS) is 15.0. The van der Waals surface area contributed by atoms with E-state index in [2.05, 4.69) is 5.10 Å². The van der Waals surface area contributed by atoms with Crippen LogP contribution >= 0.6 is 0 Å². The molecule has 3 aromatic rings. The molecule has 172 valence electrons. The predicted octanol–water partition coefficient (Wildman–Crippen LogP) is 4.90. The zero-order valence-corrected chi connectivity index (χ0v) is 16.8. The largest absolute Gasteiger partial charge is 0.478 e. The Morgan fingerprint density at radius 1 is 1.09 bits per heavy atom. The van der Waals surface area contributed by atoms with Crippen LogP contribution in [0.25, 0.3) is 17.4 Å². The Morgan fingerprint density at radius 3 is 2.38 bits per heavy atom. The Balaban J connectivity index is 1.72. The van der Waals surface area contributed by atoms with Crippen molar-refractivity contribution in [2.45, 2.75) is 6.18 Å². The number of nitro groups is 1. The predicted molar refractivity (Wildman–Crippen MR) is 113 cm³/mol. The molecule has 0 saturated heterocycles. The molecule has 1 N–H and O–H groups in total. The van der Waals surface area contributed by atoms with Gasteiger partial charge in [0.15, 0.2) is 5.71 Å². The quantitative estimate of drug-likeness (QED) is 0.320. The zero-order chi connectivity index (χ0) is 24.6. The van der Waals surface area contributed by atoms with Gasteiger partial charge in [0.05, 0.1) is 27.3 Å². The number of carbonyl (C=O) groups is 2. The molecule has 12 heteroatoms. The van der Waals surface area contributed by atoms with E-state index in [1.54, 1.807) is 0 Å². The van der Waals surface area contributed by atoms with Crippen LogP contribution in [0, 0.1) is 10.1 Å². The van der Waals surface area contributed by atoms with Gasteiger partial charge < -0.3 is 9.52 Å². The van der Waals surface area contributed by atoms with Crippen molar-refractivity contribution in [1.82, 2.24) is 0 Å². The smallest absolute Gasteiger partial charge is 0.435 e. The highest BCUT2D eigenvalue weighted by Crippen LogP contribution is 2.35. The summed E-state index contributed by atoms with van der Waals surface area (Å²) in [6.07, 6.45) is -4.14. The van der Waals surface area contributed by atoms with Crippen molar-refractivity contribution in [2.24, 2.45) is 5.10 Å². The van der Waals surface area contributed by atoms with Crippen LogP contribution < -0.4 is 5.01 Å². The number of para-hydroxylation sites is 1. The van der Waals surface area contributed by atoms with E-state index in [1.807, 2.05) is 0 Å². The molecule has 0 bridgehead atoms. The third-order valence-electron chi connectivity index (χ3n) is 4.78. The highest BCUT2D eigenvalue weighted by atomic mass is 19.4. The molecule has 0 radical (unpaired) electrons. The van der Waals surface area contributed by atoms with Gasteiger partial charge in [-0.05, 0) is 48.5 Å². The summed E-state index contributed by atoms with van der Waals surface area (Å²) < 4.78 is 46.3. The number of hydrazone groups is 1. The van der Waals surface area contributed by atoms with Crippen LogP contribution in [0.15, 0.2) is 75.8 Å². The third kappa shape index (κ3) is 4.16. The SMILES string of the molecule is O=C(O)c1ccc(N2N=C(C(F)(F)F)C(=Cc3ccc(-c4ccccc4[N+](=O)[O-])o3)C2=O)cc1. The highest BCUT2D eigenvalue weighted by molar-refractivity contribution is 6.34. The fraction of sp³-hybridized carbons (Fsp3) is 0.0455. The summed E-state index contributed by atoms with van der Waals surface area (Å²) >= 11 is 0. The third-order valence-corrected chi connectivity index (χ3v) is 4.78. The topological polar surface area (TPSA) is 126 Å². The second-order valence-electron chi connectivity index (χ2n) is 6.95. The standard InChI is InChI=1S/C22H12F3N3O6/c23-22(24,25)19-16(20(29)27(26-19)13-7-5-12(6-8-13)21(30)31)11-14-9-10-18(34-14)15-3-1-2-4-17(15)28(32)33/h1-11H,(H,30,31). The van der Waals surface area contributed by atoms with Gasteiger partial charge in [0, 0.05) is 6.07 Å². The first-order chi connectivity index (χ1) is 16.1. The lowest BCUT2D eigenvalue weighted by Gasteiger charge is -2.11. The van der Waals surface area contributed by atoms with Gasteiger partial charge in [-0.25, -0.2) is 4.79 Å². The lowest BCUT2D eigenvalue weighted by molar-refractivity contribution is -0.384. The molecule has 1 amide bonds. The number of alkyl halides is 3. The summed E-state index contributed by atoms with van der Waals surface area (Å²) in [5.74, 6) is -2.49. The minimum Gasteiger partial charge on any atom is -0.478 e. The van der Waals surface area contributed by atoms with E-state index < -0.39 is 34.3 Å². The van der Waals surface area contributed by atoms with Crippen molar-refractivity contribution in [3.05, 3.63) is 87.7 Å². The molecular formula is C22H12F3N3O6. The van der Waals surface area contributed by atoms with E-state index in [0.29, 0.717) is 5.01 Å². The number of anilines is 1. The van der Waals surface area contributed by atoms with Gasteiger partial charge in [0.2, 0.25) is 0 Å². The fourth-order valence-electron chi connectivity index (χ4n) is 3.23. The molecular weight excluding hydrogens is 459 g/mol. The Morgan fingerprint density at radius 2 is 1.76 bits per heavy atom. The lowest BCUT2D eigenvalue weighted by atomic mass is 10.1. The summed E-state index contributed by atoms with van der Waals surface area (Å²) in [4.78, 5) is 34.4. The van der Waals surface area contributed by atoms with Crippen molar-refractivity contribution in [3.8, 4) is 11.3 Å². The molecule has 1 aliphatic rings. The molecule has 0 aliphatic carbocycles. The van der Waals surface area contributed by atoms with Crippen molar-refractivity contribution in [2.75, 3.05) is 5.01 Å². The van der Waals surface area contributed by atoms with Crippen molar-refractivity contribution in [1.29, 1.82) is 0 Å². The van der Waals surface area contributed by atoms with Crippen LogP contribution in [-0.2, 0) is 4.79 Å². The van der Waals surface area contributed by atoms with Crippen LogP contribution in [0.2, 0.25) is 0 Å². The fourth-order valence-corrected chi connectivity index (χ4v) is 3.23. The van der Waals surface area contributed by atoms with Gasteiger partial charge in [-0.3, -0.25) is 14.9 Å². The van der Waals surface area contributed by atoms with Gasteiger partial charge >= 0.3 is 12.1 Å². The monoisotopic (exact) mass is 471 g/mol. The van der Waals surface area contributed by atoms with Gasteiger partial charge in [0.25, 0.3) is 11.6 Å². The minimum atomic E-state index is -4.98. The van der Waals surface area contributed by atoms with Gasteiger partial charge in [-0.15, -0.1) is 0 Å². The van der Waals surface area contributed by atoms with Crippen molar-refractivity contribution >= 4 is 35.0 Å². The number of rotatable bonds is 5. The van der Waals surface area contributed by atoms with Gasteiger partial charge in [-0.1, -0.05) is 12.1 Å². The summed E-state index contributed by atoms with van der Waals surface area (Å²) in [5.41, 5.74) is -2.62. The molecule has 0 spiro atoms.